The molecule has 0 unspecified atom stereocenters. The first-order valence-electron chi connectivity index (χ1n) is 7.59. The third-order valence-corrected chi connectivity index (χ3v) is 3.38. The van der Waals surface area contributed by atoms with E-state index in [4.69, 9.17) is 0 Å². The molecule has 0 spiro atoms. The van der Waals surface area contributed by atoms with Crippen molar-refractivity contribution >= 4 is 5.91 Å². The van der Waals surface area contributed by atoms with Crippen molar-refractivity contribution < 1.29 is 4.79 Å². The number of carbonyl (C=O) groups excluding carboxylic acids is 1. The highest BCUT2D eigenvalue weighted by atomic mass is 16.1. The second-order valence-corrected chi connectivity index (χ2v) is 5.24. The summed E-state index contributed by atoms with van der Waals surface area (Å²) in [4.78, 5) is 11.8. The predicted octanol–water partition coefficient (Wildman–Crippen LogP) is 4.48. The van der Waals surface area contributed by atoms with Crippen LogP contribution in [0.2, 0.25) is 0 Å². The molecular formula is C17H27NO. The van der Waals surface area contributed by atoms with Crippen LogP contribution in [0.5, 0.6) is 0 Å². The number of nitrogens with one attached hydrogen (secondary N) is 1. The Balaban J connectivity index is 2.06. The van der Waals surface area contributed by atoms with Crippen LogP contribution < -0.4 is 5.32 Å². The zero-order chi connectivity index (χ0) is 13.9. The first-order valence-corrected chi connectivity index (χ1v) is 7.59. The fraction of sp³-hybridized carbons (Fsp3) is 0.588. The zero-order valence-corrected chi connectivity index (χ0v) is 12.4. The Morgan fingerprint density at radius 1 is 0.947 bits per heavy atom. The molecule has 0 bridgehead atoms. The highest BCUT2D eigenvalue weighted by Gasteiger charge is 2.03. The van der Waals surface area contributed by atoms with Gasteiger partial charge in [-0.15, -0.1) is 0 Å². The van der Waals surface area contributed by atoms with Gasteiger partial charge in [0, 0.05) is 12.1 Å². The van der Waals surface area contributed by atoms with Crippen LogP contribution in [0, 0.1) is 6.92 Å². The van der Waals surface area contributed by atoms with Gasteiger partial charge in [-0.3, -0.25) is 4.79 Å². The molecule has 1 aromatic rings. The zero-order valence-electron chi connectivity index (χ0n) is 12.4. The summed E-state index contributed by atoms with van der Waals surface area (Å²) in [5.74, 6) is 0.0472. The lowest BCUT2D eigenvalue weighted by atomic mass is 10.1. The van der Waals surface area contributed by atoms with E-state index in [2.05, 4.69) is 12.2 Å². The largest absolute Gasteiger partial charge is 0.352 e. The van der Waals surface area contributed by atoms with Crippen LogP contribution in [-0.2, 0) is 0 Å². The predicted molar refractivity (Wildman–Crippen MR) is 81.5 cm³/mol. The summed E-state index contributed by atoms with van der Waals surface area (Å²) < 4.78 is 0. The Labute approximate surface area is 117 Å². The number of carbonyl (C=O) groups is 1. The average molecular weight is 261 g/mol. The van der Waals surface area contributed by atoms with Gasteiger partial charge in [0.25, 0.3) is 5.91 Å². The van der Waals surface area contributed by atoms with Crippen molar-refractivity contribution in [1.82, 2.24) is 5.32 Å². The van der Waals surface area contributed by atoms with Crippen LogP contribution in [0.3, 0.4) is 0 Å². The van der Waals surface area contributed by atoms with Crippen molar-refractivity contribution in [3.8, 4) is 0 Å². The topological polar surface area (TPSA) is 29.1 Å². The molecule has 2 heteroatoms. The summed E-state index contributed by atoms with van der Waals surface area (Å²) in [5, 5.41) is 2.98. The van der Waals surface area contributed by atoms with E-state index in [1.807, 2.05) is 31.2 Å². The first-order chi connectivity index (χ1) is 9.24. The number of amides is 1. The van der Waals surface area contributed by atoms with E-state index in [-0.39, 0.29) is 5.91 Å². The maximum Gasteiger partial charge on any atom is 0.251 e. The van der Waals surface area contributed by atoms with E-state index in [1.54, 1.807) is 0 Å². The molecule has 0 heterocycles. The normalized spacial score (nSPS) is 10.4. The summed E-state index contributed by atoms with van der Waals surface area (Å²) in [6.07, 6.45) is 8.94. The SMILES string of the molecule is CCCCCCCCCNC(=O)c1ccc(C)cc1. The standard InChI is InChI=1S/C17H27NO/c1-3-4-5-6-7-8-9-14-18-17(19)16-12-10-15(2)11-13-16/h10-13H,3-9,14H2,1-2H3,(H,18,19). The molecule has 1 amide bonds. The first kappa shape index (κ1) is 15.7. The maximum atomic E-state index is 11.8. The molecular weight excluding hydrogens is 234 g/mol. The van der Waals surface area contributed by atoms with Gasteiger partial charge < -0.3 is 5.32 Å². The Hall–Kier alpha value is -1.31. The van der Waals surface area contributed by atoms with Crippen LogP contribution in [0.1, 0.15) is 67.8 Å². The van der Waals surface area contributed by atoms with Gasteiger partial charge in [0.2, 0.25) is 0 Å². The average Bonchev–Trinajstić information content (AvgIpc) is 2.42. The molecule has 0 fully saturated rings. The van der Waals surface area contributed by atoms with E-state index in [9.17, 15) is 4.79 Å². The van der Waals surface area contributed by atoms with E-state index in [0.717, 1.165) is 18.5 Å². The molecule has 0 aliphatic rings. The van der Waals surface area contributed by atoms with Crippen molar-refractivity contribution in [2.75, 3.05) is 6.54 Å². The number of unbranched alkanes of at least 4 members (excludes halogenated alkanes) is 6. The molecule has 0 radical (unpaired) electrons. The molecule has 1 N–H and O–H groups in total. The molecule has 0 aliphatic carbocycles. The van der Waals surface area contributed by atoms with Gasteiger partial charge in [0.1, 0.15) is 0 Å². The number of benzene rings is 1. The van der Waals surface area contributed by atoms with Crippen molar-refractivity contribution in [2.45, 2.75) is 58.8 Å². The van der Waals surface area contributed by atoms with Crippen LogP contribution in [0.4, 0.5) is 0 Å². The summed E-state index contributed by atoms with van der Waals surface area (Å²) in [5.41, 5.74) is 1.94. The Bertz CT molecular complexity index is 356. The number of aryl methyl sites for hydroxylation is 1. The molecule has 1 rings (SSSR count). The summed E-state index contributed by atoms with van der Waals surface area (Å²) in [6.45, 7) is 5.06. The molecule has 0 atom stereocenters. The van der Waals surface area contributed by atoms with Crippen molar-refractivity contribution in [1.29, 1.82) is 0 Å². The van der Waals surface area contributed by atoms with Gasteiger partial charge in [0.15, 0.2) is 0 Å². The van der Waals surface area contributed by atoms with Gasteiger partial charge in [-0.05, 0) is 25.5 Å². The van der Waals surface area contributed by atoms with Gasteiger partial charge in [-0.1, -0.05) is 63.1 Å². The van der Waals surface area contributed by atoms with Crippen LogP contribution in [0.15, 0.2) is 24.3 Å². The molecule has 2 nitrogen and oxygen atoms in total. The van der Waals surface area contributed by atoms with Crippen LogP contribution in [0.25, 0.3) is 0 Å². The van der Waals surface area contributed by atoms with Crippen molar-refractivity contribution in [2.24, 2.45) is 0 Å². The second-order valence-electron chi connectivity index (χ2n) is 5.24. The molecule has 0 saturated carbocycles. The van der Waals surface area contributed by atoms with E-state index < -0.39 is 0 Å². The van der Waals surface area contributed by atoms with Gasteiger partial charge in [0.05, 0.1) is 0 Å². The lowest BCUT2D eigenvalue weighted by Gasteiger charge is -2.05. The number of rotatable bonds is 9. The lowest BCUT2D eigenvalue weighted by Crippen LogP contribution is -2.24. The third-order valence-electron chi connectivity index (χ3n) is 3.38. The highest BCUT2D eigenvalue weighted by molar-refractivity contribution is 5.94. The minimum absolute atomic E-state index is 0.0472. The third kappa shape index (κ3) is 7.00. The fourth-order valence-electron chi connectivity index (χ4n) is 2.09. The molecule has 19 heavy (non-hydrogen) atoms. The van der Waals surface area contributed by atoms with E-state index >= 15 is 0 Å². The maximum absolute atomic E-state index is 11.8. The van der Waals surface area contributed by atoms with Gasteiger partial charge in [-0.2, -0.15) is 0 Å². The summed E-state index contributed by atoms with van der Waals surface area (Å²) in [7, 11) is 0. The quantitative estimate of drug-likeness (QED) is 0.653. The van der Waals surface area contributed by atoms with Crippen molar-refractivity contribution in [3.63, 3.8) is 0 Å². The van der Waals surface area contributed by atoms with Gasteiger partial charge >= 0.3 is 0 Å². The summed E-state index contributed by atoms with van der Waals surface area (Å²) >= 11 is 0. The minimum Gasteiger partial charge on any atom is -0.352 e. The molecule has 106 valence electrons. The molecule has 0 aromatic heterocycles. The number of hydrogen-bond acceptors (Lipinski definition) is 1. The van der Waals surface area contributed by atoms with E-state index in [0.29, 0.717) is 0 Å². The van der Waals surface area contributed by atoms with E-state index in [1.165, 1.54) is 44.1 Å². The second kappa shape index (κ2) is 9.60. The highest BCUT2D eigenvalue weighted by Crippen LogP contribution is 2.07. The Morgan fingerprint density at radius 3 is 2.16 bits per heavy atom. The fourth-order valence-corrected chi connectivity index (χ4v) is 2.09. The molecule has 1 aromatic carbocycles. The minimum atomic E-state index is 0.0472. The van der Waals surface area contributed by atoms with Crippen LogP contribution >= 0.6 is 0 Å². The lowest BCUT2D eigenvalue weighted by molar-refractivity contribution is 0.0953. The van der Waals surface area contributed by atoms with Crippen molar-refractivity contribution in [3.05, 3.63) is 35.4 Å². The monoisotopic (exact) mass is 261 g/mol. The smallest absolute Gasteiger partial charge is 0.251 e. The van der Waals surface area contributed by atoms with Crippen LogP contribution in [-0.4, -0.2) is 12.5 Å². The van der Waals surface area contributed by atoms with Gasteiger partial charge in [-0.25, -0.2) is 0 Å². The molecule has 0 saturated heterocycles. The molecule has 0 aliphatic heterocycles. The Morgan fingerprint density at radius 2 is 1.53 bits per heavy atom. The summed E-state index contributed by atoms with van der Waals surface area (Å²) in [6, 6.07) is 7.72. The Kier molecular flexibility index (Phi) is 7.95. The number of hydrogen-bond donors (Lipinski definition) is 1.